The molecule has 0 saturated carbocycles. The monoisotopic (exact) mass is 301 g/mol. The minimum Gasteiger partial charge on any atom is -0.585 e. The van der Waals surface area contributed by atoms with Crippen LogP contribution in [0.1, 0.15) is 5.56 Å². The molecule has 0 aliphatic heterocycles. The van der Waals surface area contributed by atoms with Gasteiger partial charge in [0.2, 0.25) is 4.21 Å². The Morgan fingerprint density at radius 3 is 2.75 bits per heavy atom. The standard InChI is InChI=1S/C15H11NO2S2/c17-14-8-7-11-4-1-2-5-12(11)13(14)10-16-20(18)15-6-3-9-19-15/h1-10,17H. The van der Waals surface area contributed by atoms with Crippen LogP contribution in [-0.4, -0.2) is 15.9 Å². The summed E-state index contributed by atoms with van der Waals surface area (Å²) in [6, 6.07) is 14.8. The van der Waals surface area contributed by atoms with Crippen molar-refractivity contribution in [3.8, 4) is 5.75 Å². The van der Waals surface area contributed by atoms with Gasteiger partial charge in [-0.1, -0.05) is 46.1 Å². The quantitative estimate of drug-likeness (QED) is 0.591. The highest BCUT2D eigenvalue weighted by Gasteiger charge is 2.11. The lowest BCUT2D eigenvalue weighted by molar-refractivity contribution is 0.475. The molecule has 5 heteroatoms. The molecule has 0 saturated heterocycles. The molecule has 0 amide bonds. The zero-order valence-corrected chi connectivity index (χ0v) is 12.0. The van der Waals surface area contributed by atoms with E-state index in [2.05, 4.69) is 4.40 Å². The summed E-state index contributed by atoms with van der Waals surface area (Å²) in [6.07, 6.45) is 1.48. The summed E-state index contributed by atoms with van der Waals surface area (Å²) in [5.41, 5.74) is 0.591. The Labute approximate surface area is 123 Å². The van der Waals surface area contributed by atoms with Crippen LogP contribution in [0.15, 0.2) is 62.5 Å². The zero-order valence-electron chi connectivity index (χ0n) is 10.4. The lowest BCUT2D eigenvalue weighted by Crippen LogP contribution is -1.95. The van der Waals surface area contributed by atoms with Crippen LogP contribution < -0.4 is 0 Å². The highest BCUT2D eigenvalue weighted by molar-refractivity contribution is 7.92. The molecule has 3 aromatic rings. The van der Waals surface area contributed by atoms with E-state index in [4.69, 9.17) is 0 Å². The van der Waals surface area contributed by atoms with Crippen LogP contribution in [-0.2, 0) is 11.4 Å². The van der Waals surface area contributed by atoms with Gasteiger partial charge < -0.3 is 9.66 Å². The van der Waals surface area contributed by atoms with Crippen molar-refractivity contribution < 1.29 is 9.66 Å². The SMILES string of the molecule is [O-][S+](N=Cc1c(O)ccc2ccccc12)c1cccs1. The van der Waals surface area contributed by atoms with E-state index in [1.165, 1.54) is 17.6 Å². The predicted octanol–water partition coefficient (Wildman–Crippen LogP) is 3.75. The average Bonchev–Trinajstić information content (AvgIpc) is 3.00. The first kappa shape index (κ1) is 13.2. The number of phenolic OH excluding ortho intramolecular Hbond substituents is 1. The van der Waals surface area contributed by atoms with E-state index in [1.54, 1.807) is 12.1 Å². The lowest BCUT2D eigenvalue weighted by atomic mass is 10.0. The second kappa shape index (κ2) is 5.66. The first-order valence-corrected chi connectivity index (χ1v) is 7.94. The van der Waals surface area contributed by atoms with Gasteiger partial charge in [-0.2, -0.15) is 0 Å². The molecule has 3 nitrogen and oxygen atoms in total. The summed E-state index contributed by atoms with van der Waals surface area (Å²) in [7, 11) is 0. The molecule has 20 heavy (non-hydrogen) atoms. The number of benzene rings is 2. The van der Waals surface area contributed by atoms with Gasteiger partial charge in [0.15, 0.2) is 0 Å². The largest absolute Gasteiger partial charge is 0.585 e. The molecule has 1 N–H and O–H groups in total. The minimum absolute atomic E-state index is 0.135. The Balaban J connectivity index is 2.00. The number of fused-ring (bicyclic) bond motifs is 1. The van der Waals surface area contributed by atoms with Gasteiger partial charge in [0, 0.05) is 11.6 Å². The number of hydrogen-bond donors (Lipinski definition) is 1. The molecule has 3 rings (SSSR count). The summed E-state index contributed by atoms with van der Waals surface area (Å²) in [6.45, 7) is 0. The van der Waals surface area contributed by atoms with Crippen molar-refractivity contribution in [1.29, 1.82) is 0 Å². The van der Waals surface area contributed by atoms with E-state index in [0.29, 0.717) is 9.77 Å². The van der Waals surface area contributed by atoms with Crippen molar-refractivity contribution in [3.05, 3.63) is 59.5 Å². The summed E-state index contributed by atoms with van der Waals surface area (Å²) >= 11 is -0.0295. The molecule has 1 aromatic heterocycles. The van der Waals surface area contributed by atoms with E-state index >= 15 is 0 Å². The Morgan fingerprint density at radius 1 is 1.10 bits per heavy atom. The van der Waals surface area contributed by atoms with Gasteiger partial charge in [-0.3, -0.25) is 0 Å². The van der Waals surface area contributed by atoms with Crippen LogP contribution in [0.3, 0.4) is 0 Å². The van der Waals surface area contributed by atoms with E-state index in [1.807, 2.05) is 41.8 Å². The molecule has 0 radical (unpaired) electrons. The van der Waals surface area contributed by atoms with Crippen LogP contribution in [0.2, 0.25) is 0 Å². The number of nitrogens with zero attached hydrogens (tertiary/aromatic N) is 1. The minimum atomic E-state index is -1.43. The van der Waals surface area contributed by atoms with Crippen LogP contribution in [0.25, 0.3) is 10.8 Å². The smallest absolute Gasteiger partial charge is 0.235 e. The molecule has 0 aliphatic carbocycles. The number of aromatic hydroxyl groups is 1. The Morgan fingerprint density at radius 2 is 1.95 bits per heavy atom. The van der Waals surface area contributed by atoms with Crippen molar-refractivity contribution in [2.75, 3.05) is 0 Å². The van der Waals surface area contributed by atoms with E-state index in [9.17, 15) is 9.66 Å². The number of phenols is 1. The van der Waals surface area contributed by atoms with Crippen molar-refractivity contribution in [3.63, 3.8) is 0 Å². The van der Waals surface area contributed by atoms with Crippen LogP contribution >= 0.6 is 11.3 Å². The summed E-state index contributed by atoms with van der Waals surface area (Å²) < 4.78 is 16.7. The number of thiophene rings is 1. The van der Waals surface area contributed by atoms with Gasteiger partial charge in [-0.25, -0.2) is 0 Å². The fourth-order valence-corrected chi connectivity index (χ4v) is 3.51. The molecule has 2 aromatic carbocycles. The van der Waals surface area contributed by atoms with Crippen molar-refractivity contribution in [2.24, 2.45) is 4.40 Å². The van der Waals surface area contributed by atoms with Gasteiger partial charge in [-0.15, -0.1) is 0 Å². The molecule has 1 unspecified atom stereocenters. The Hall–Kier alpha value is -1.82. The molecule has 0 aliphatic rings. The molecule has 0 bridgehead atoms. The molecule has 1 heterocycles. The molecule has 1 atom stereocenters. The van der Waals surface area contributed by atoms with Gasteiger partial charge in [0.05, 0.1) is 6.21 Å². The third kappa shape index (κ3) is 2.56. The summed E-state index contributed by atoms with van der Waals surface area (Å²) in [4.78, 5) is 0. The first-order valence-electron chi connectivity index (χ1n) is 5.96. The van der Waals surface area contributed by atoms with Crippen LogP contribution in [0.5, 0.6) is 5.75 Å². The maximum Gasteiger partial charge on any atom is 0.235 e. The summed E-state index contributed by atoms with van der Waals surface area (Å²) in [5.74, 6) is 0.135. The molecular weight excluding hydrogens is 290 g/mol. The van der Waals surface area contributed by atoms with Crippen LogP contribution in [0.4, 0.5) is 0 Å². The number of hydrogen-bond acceptors (Lipinski definition) is 4. The van der Waals surface area contributed by atoms with Crippen molar-refractivity contribution >= 4 is 39.7 Å². The highest BCUT2D eigenvalue weighted by Crippen LogP contribution is 2.26. The van der Waals surface area contributed by atoms with Crippen LogP contribution in [0, 0.1) is 0 Å². The van der Waals surface area contributed by atoms with Crippen molar-refractivity contribution in [1.82, 2.24) is 0 Å². The lowest BCUT2D eigenvalue weighted by Gasteiger charge is -2.04. The molecule has 100 valence electrons. The van der Waals surface area contributed by atoms with Crippen molar-refractivity contribution in [2.45, 2.75) is 4.21 Å². The molecular formula is C15H11NO2S2. The molecule has 0 spiro atoms. The fraction of sp³-hybridized carbons (Fsp3) is 0. The second-order valence-electron chi connectivity index (χ2n) is 4.14. The normalized spacial score (nSPS) is 13.1. The van der Waals surface area contributed by atoms with E-state index < -0.39 is 11.4 Å². The fourth-order valence-electron chi connectivity index (χ4n) is 1.94. The van der Waals surface area contributed by atoms with Gasteiger partial charge >= 0.3 is 0 Å². The topological polar surface area (TPSA) is 55.7 Å². The predicted molar refractivity (Wildman–Crippen MR) is 83.9 cm³/mol. The Bertz CT molecular complexity index is 754. The second-order valence-corrected chi connectivity index (χ2v) is 6.49. The highest BCUT2D eigenvalue weighted by atomic mass is 32.2. The van der Waals surface area contributed by atoms with Gasteiger partial charge in [0.25, 0.3) is 0 Å². The Kier molecular flexibility index (Phi) is 3.73. The molecule has 0 fully saturated rings. The third-order valence-corrected chi connectivity index (χ3v) is 5.05. The maximum absolute atomic E-state index is 12.0. The summed E-state index contributed by atoms with van der Waals surface area (Å²) in [5, 5.41) is 13.7. The van der Waals surface area contributed by atoms with Gasteiger partial charge in [-0.05, 0) is 28.3 Å². The van der Waals surface area contributed by atoms with E-state index in [-0.39, 0.29) is 5.75 Å². The zero-order chi connectivity index (χ0) is 13.9. The average molecular weight is 301 g/mol. The number of rotatable bonds is 3. The van der Waals surface area contributed by atoms with E-state index in [0.717, 1.165) is 10.8 Å². The third-order valence-electron chi connectivity index (χ3n) is 2.89. The maximum atomic E-state index is 12.0. The van der Waals surface area contributed by atoms with Gasteiger partial charge in [0.1, 0.15) is 17.1 Å². The first-order chi connectivity index (χ1) is 9.75.